The van der Waals surface area contributed by atoms with Crippen molar-refractivity contribution in [2.24, 2.45) is 0 Å². The smallest absolute Gasteiger partial charge is 0.234 e. The Labute approximate surface area is 186 Å². The van der Waals surface area contributed by atoms with Crippen LogP contribution in [0.1, 0.15) is 16.7 Å². The van der Waals surface area contributed by atoms with E-state index >= 15 is 0 Å². The molecular weight excluding hydrogens is 404 g/mol. The molecule has 0 saturated heterocycles. The van der Waals surface area contributed by atoms with E-state index in [0.717, 1.165) is 39.5 Å². The van der Waals surface area contributed by atoms with Crippen LogP contribution in [0.5, 0.6) is 0 Å². The zero-order valence-corrected chi connectivity index (χ0v) is 18.6. The lowest BCUT2D eigenvalue weighted by atomic mass is 10.1. The van der Waals surface area contributed by atoms with Crippen LogP contribution < -0.4 is 5.32 Å². The van der Waals surface area contributed by atoms with Crippen LogP contribution in [-0.4, -0.2) is 26.4 Å². The third kappa shape index (κ3) is 4.86. The van der Waals surface area contributed by atoms with Crippen molar-refractivity contribution in [2.75, 3.05) is 11.1 Å². The molecule has 0 aliphatic heterocycles. The van der Waals surface area contributed by atoms with Gasteiger partial charge in [0.25, 0.3) is 0 Å². The molecule has 1 heterocycles. The summed E-state index contributed by atoms with van der Waals surface area (Å²) in [4.78, 5) is 12.6. The van der Waals surface area contributed by atoms with Crippen molar-refractivity contribution in [1.82, 2.24) is 14.8 Å². The second-order valence-corrected chi connectivity index (χ2v) is 8.44. The van der Waals surface area contributed by atoms with Gasteiger partial charge in [0.1, 0.15) is 0 Å². The maximum absolute atomic E-state index is 12.6. The summed E-state index contributed by atoms with van der Waals surface area (Å²) in [6, 6.07) is 24.2. The molecule has 1 aromatic heterocycles. The first-order valence-electron chi connectivity index (χ1n) is 10.1. The third-order valence-corrected chi connectivity index (χ3v) is 5.85. The quantitative estimate of drug-likeness (QED) is 0.407. The number of anilines is 1. The normalized spacial score (nSPS) is 10.8. The summed E-state index contributed by atoms with van der Waals surface area (Å²) in [6.07, 6.45) is 0. The molecule has 4 aromatic rings. The van der Waals surface area contributed by atoms with E-state index in [1.165, 1.54) is 11.8 Å². The maximum atomic E-state index is 12.6. The molecule has 1 N–H and O–H groups in total. The molecule has 0 atom stereocenters. The van der Waals surface area contributed by atoms with Gasteiger partial charge in [0.15, 0.2) is 11.0 Å². The van der Waals surface area contributed by atoms with Gasteiger partial charge in [-0.1, -0.05) is 66.4 Å². The molecular formula is C25H24N4OS. The Kier molecular flexibility index (Phi) is 6.18. The average Bonchev–Trinajstić information content (AvgIpc) is 3.19. The highest BCUT2D eigenvalue weighted by atomic mass is 32.2. The molecule has 3 aromatic carbocycles. The first-order chi connectivity index (χ1) is 15.0. The van der Waals surface area contributed by atoms with Crippen molar-refractivity contribution >= 4 is 23.4 Å². The Balaban J connectivity index is 1.60. The van der Waals surface area contributed by atoms with E-state index < -0.39 is 0 Å². The summed E-state index contributed by atoms with van der Waals surface area (Å²) in [5.74, 6) is 0.925. The predicted octanol–water partition coefficient (Wildman–Crippen LogP) is 5.59. The molecule has 0 fully saturated rings. The second kappa shape index (κ2) is 9.18. The van der Waals surface area contributed by atoms with Crippen LogP contribution >= 0.6 is 11.8 Å². The number of aromatic nitrogens is 3. The average molecular weight is 429 g/mol. The number of rotatable bonds is 6. The fourth-order valence-corrected chi connectivity index (χ4v) is 4.08. The first-order valence-corrected chi connectivity index (χ1v) is 11.1. The van der Waals surface area contributed by atoms with E-state index in [4.69, 9.17) is 0 Å². The van der Waals surface area contributed by atoms with Crippen LogP contribution in [-0.2, 0) is 4.79 Å². The molecule has 0 spiro atoms. The van der Waals surface area contributed by atoms with E-state index in [9.17, 15) is 4.79 Å². The van der Waals surface area contributed by atoms with Crippen molar-refractivity contribution in [1.29, 1.82) is 0 Å². The topological polar surface area (TPSA) is 59.8 Å². The van der Waals surface area contributed by atoms with Gasteiger partial charge >= 0.3 is 0 Å². The van der Waals surface area contributed by atoms with Gasteiger partial charge in [0.05, 0.1) is 5.75 Å². The summed E-state index contributed by atoms with van der Waals surface area (Å²) < 4.78 is 2.01. The van der Waals surface area contributed by atoms with Crippen molar-refractivity contribution in [3.8, 4) is 17.1 Å². The van der Waals surface area contributed by atoms with Gasteiger partial charge in [-0.15, -0.1) is 10.2 Å². The van der Waals surface area contributed by atoms with Crippen LogP contribution in [0.3, 0.4) is 0 Å². The van der Waals surface area contributed by atoms with E-state index in [1.807, 2.05) is 79.1 Å². The fourth-order valence-electron chi connectivity index (χ4n) is 3.32. The highest BCUT2D eigenvalue weighted by Crippen LogP contribution is 2.28. The van der Waals surface area contributed by atoms with Crippen molar-refractivity contribution in [2.45, 2.75) is 25.9 Å². The van der Waals surface area contributed by atoms with Gasteiger partial charge in [-0.05, 0) is 55.7 Å². The number of carbonyl (C=O) groups excluding carboxylic acids is 1. The number of nitrogens with zero attached hydrogens (tertiary/aromatic N) is 3. The SMILES string of the molecule is Cc1cccc(-n2c(SCC(=O)Nc3cc(C)ccc3C)nnc2-c2ccccc2)c1. The second-order valence-electron chi connectivity index (χ2n) is 7.50. The molecule has 0 saturated carbocycles. The Morgan fingerprint density at radius 2 is 1.68 bits per heavy atom. The molecule has 156 valence electrons. The number of benzene rings is 3. The lowest BCUT2D eigenvalue weighted by Gasteiger charge is -2.12. The van der Waals surface area contributed by atoms with Gasteiger partial charge in [-0.2, -0.15) is 0 Å². The zero-order valence-electron chi connectivity index (χ0n) is 17.8. The van der Waals surface area contributed by atoms with Crippen LogP contribution in [0.15, 0.2) is 78.0 Å². The summed E-state index contributed by atoms with van der Waals surface area (Å²) in [5, 5.41) is 12.5. The zero-order chi connectivity index (χ0) is 21.8. The van der Waals surface area contributed by atoms with Crippen LogP contribution in [0.25, 0.3) is 17.1 Å². The minimum absolute atomic E-state index is 0.0706. The molecule has 0 radical (unpaired) electrons. The van der Waals surface area contributed by atoms with Crippen LogP contribution in [0, 0.1) is 20.8 Å². The lowest BCUT2D eigenvalue weighted by molar-refractivity contribution is -0.113. The standard InChI is InChI=1S/C25H24N4OS/c1-17-8-7-11-21(14-17)29-24(20-9-5-4-6-10-20)27-28-25(29)31-16-23(30)26-22-15-18(2)12-13-19(22)3/h4-15H,16H2,1-3H3,(H,26,30). The van der Waals surface area contributed by atoms with Crippen molar-refractivity contribution in [3.63, 3.8) is 0 Å². The van der Waals surface area contributed by atoms with Gasteiger partial charge in [0, 0.05) is 16.9 Å². The molecule has 31 heavy (non-hydrogen) atoms. The van der Waals surface area contributed by atoms with E-state index in [1.54, 1.807) is 0 Å². The molecule has 5 nitrogen and oxygen atoms in total. The Morgan fingerprint density at radius 1 is 0.903 bits per heavy atom. The molecule has 6 heteroatoms. The van der Waals surface area contributed by atoms with E-state index in [0.29, 0.717) is 5.16 Å². The van der Waals surface area contributed by atoms with Crippen LogP contribution in [0.2, 0.25) is 0 Å². The minimum atomic E-state index is -0.0706. The number of hydrogen-bond acceptors (Lipinski definition) is 4. The molecule has 0 unspecified atom stereocenters. The van der Waals surface area contributed by atoms with Gasteiger partial charge < -0.3 is 5.32 Å². The summed E-state index contributed by atoms with van der Waals surface area (Å²) in [7, 11) is 0. The van der Waals surface area contributed by atoms with Gasteiger partial charge in [0.2, 0.25) is 5.91 Å². The van der Waals surface area contributed by atoms with E-state index in [2.05, 4.69) is 34.6 Å². The number of carbonyl (C=O) groups is 1. The minimum Gasteiger partial charge on any atom is -0.325 e. The van der Waals surface area contributed by atoms with Crippen molar-refractivity contribution < 1.29 is 4.79 Å². The van der Waals surface area contributed by atoms with Gasteiger partial charge in [-0.25, -0.2) is 0 Å². The Morgan fingerprint density at radius 3 is 2.45 bits per heavy atom. The van der Waals surface area contributed by atoms with Crippen molar-refractivity contribution in [3.05, 3.63) is 89.5 Å². The Hall–Kier alpha value is -3.38. The highest BCUT2D eigenvalue weighted by molar-refractivity contribution is 7.99. The predicted molar refractivity (Wildman–Crippen MR) is 127 cm³/mol. The maximum Gasteiger partial charge on any atom is 0.234 e. The number of amides is 1. The number of hydrogen-bond donors (Lipinski definition) is 1. The lowest BCUT2D eigenvalue weighted by Crippen LogP contribution is -2.15. The third-order valence-electron chi connectivity index (χ3n) is 4.92. The van der Waals surface area contributed by atoms with Gasteiger partial charge in [-0.3, -0.25) is 9.36 Å². The number of aryl methyl sites for hydroxylation is 3. The highest BCUT2D eigenvalue weighted by Gasteiger charge is 2.17. The first kappa shape index (κ1) is 20.9. The molecule has 0 aliphatic carbocycles. The van der Waals surface area contributed by atoms with E-state index in [-0.39, 0.29) is 11.7 Å². The summed E-state index contributed by atoms with van der Waals surface area (Å²) >= 11 is 1.38. The molecule has 1 amide bonds. The molecule has 0 aliphatic rings. The van der Waals surface area contributed by atoms with Crippen LogP contribution in [0.4, 0.5) is 5.69 Å². The molecule has 4 rings (SSSR count). The fraction of sp³-hybridized carbons (Fsp3) is 0.160. The number of nitrogens with one attached hydrogen (secondary N) is 1. The Bertz CT molecular complexity index is 1220. The summed E-state index contributed by atoms with van der Waals surface area (Å²) in [5.41, 5.74) is 6.09. The number of thioether (sulfide) groups is 1. The largest absolute Gasteiger partial charge is 0.325 e. The molecule has 0 bridgehead atoms. The summed E-state index contributed by atoms with van der Waals surface area (Å²) in [6.45, 7) is 6.06. The monoisotopic (exact) mass is 428 g/mol.